The van der Waals surface area contributed by atoms with E-state index in [4.69, 9.17) is 28.2 Å². The van der Waals surface area contributed by atoms with Crippen LogP contribution in [-0.2, 0) is 16.9 Å². The van der Waals surface area contributed by atoms with Gasteiger partial charge in [-0.3, -0.25) is 9.69 Å². The largest absolute Gasteiger partial charge is 0.478 e. The topological polar surface area (TPSA) is 87.5 Å². The first-order chi connectivity index (χ1) is 21.1. The molecule has 0 radical (unpaired) electrons. The Balaban J connectivity index is 1.43. The monoisotopic (exact) mass is 632 g/mol. The van der Waals surface area contributed by atoms with Gasteiger partial charge in [-0.15, -0.1) is 0 Å². The lowest BCUT2D eigenvalue weighted by Crippen LogP contribution is -2.53. The number of nitrogens with zero attached hydrogens (tertiary/aromatic N) is 3. The van der Waals surface area contributed by atoms with Crippen molar-refractivity contribution in [2.24, 2.45) is 5.92 Å². The summed E-state index contributed by atoms with van der Waals surface area (Å²) in [4.78, 5) is 34.3. The number of hydrogen-bond acceptors (Lipinski definition) is 4. The third kappa shape index (κ3) is 3.80. The highest BCUT2D eigenvalue weighted by Crippen LogP contribution is 2.64. The van der Waals surface area contributed by atoms with Crippen LogP contribution in [0.4, 0.5) is 10.1 Å². The third-order valence-corrected chi connectivity index (χ3v) is 10.8. The fourth-order valence-corrected chi connectivity index (χ4v) is 8.67. The first-order valence-corrected chi connectivity index (χ1v) is 16.0. The van der Waals surface area contributed by atoms with Crippen LogP contribution in [0.5, 0.6) is 0 Å². The molecule has 8 rings (SSSR count). The number of fused-ring (bicyclic) bond motifs is 7. The quantitative estimate of drug-likeness (QED) is 0.238. The van der Waals surface area contributed by atoms with Crippen LogP contribution in [0, 0.1) is 11.7 Å². The molecule has 1 aliphatic carbocycles. The molecule has 4 aliphatic rings. The lowest BCUT2D eigenvalue weighted by atomic mass is 9.70. The van der Waals surface area contributed by atoms with E-state index < -0.39 is 23.2 Å². The number of halogens is 3. The van der Waals surface area contributed by atoms with Gasteiger partial charge in [0.2, 0.25) is 5.91 Å². The Labute approximate surface area is 264 Å². The van der Waals surface area contributed by atoms with E-state index in [1.807, 2.05) is 26.0 Å². The number of amides is 1. The van der Waals surface area contributed by atoms with Crippen LogP contribution in [0.3, 0.4) is 0 Å². The standard InChI is InChI=1S/C34H31Cl2FN4O3/c1-16(2)20-14-27-25(13-21(20)32(42)43)38-31-28-26(10-11-40(27)31)41(15-17-6-7-17)34(29(28)19-4-3-5-23(36)30(19)37)22-9-8-18(35)12-24(22)39-33(34)44/h3-5,8-9,12-14,16-17,26,28-29H,6-7,10-11,15H2,1-2H3,(H,39,44)(H,42,43)/t26-,28+,29-,34+/m0/s1. The van der Waals surface area contributed by atoms with E-state index in [1.54, 1.807) is 30.3 Å². The summed E-state index contributed by atoms with van der Waals surface area (Å²) in [6.45, 7) is 5.31. The SMILES string of the molecule is CC(C)c1cc2c(cc1C(=O)O)nc1n2CC[C@H]2[C@@H]1[C@H](c1cccc(Cl)c1F)[C@]1(C(=O)Nc3cc(Cl)ccc31)N2CC1CC1. The summed E-state index contributed by atoms with van der Waals surface area (Å²) in [7, 11) is 0. The van der Waals surface area contributed by atoms with E-state index in [9.17, 15) is 14.7 Å². The second kappa shape index (κ2) is 9.77. The smallest absolute Gasteiger partial charge is 0.336 e. The molecule has 7 nitrogen and oxygen atoms in total. The molecule has 1 amide bonds. The molecule has 4 heterocycles. The summed E-state index contributed by atoms with van der Waals surface area (Å²) >= 11 is 12.8. The summed E-state index contributed by atoms with van der Waals surface area (Å²) in [5.41, 5.74) is 2.99. The number of aromatic carboxylic acids is 1. The molecule has 4 aromatic rings. The van der Waals surface area contributed by atoms with Crippen LogP contribution < -0.4 is 5.32 Å². The van der Waals surface area contributed by atoms with Gasteiger partial charge in [0, 0.05) is 47.2 Å². The van der Waals surface area contributed by atoms with Crippen molar-refractivity contribution in [2.75, 3.05) is 11.9 Å². The molecule has 1 saturated carbocycles. The molecular weight excluding hydrogens is 602 g/mol. The van der Waals surface area contributed by atoms with Gasteiger partial charge in [-0.2, -0.15) is 0 Å². The van der Waals surface area contributed by atoms with E-state index in [0.717, 1.165) is 41.7 Å². The molecule has 3 aliphatic heterocycles. The minimum Gasteiger partial charge on any atom is -0.478 e. The number of benzene rings is 3. The lowest BCUT2D eigenvalue weighted by Gasteiger charge is -2.40. The molecule has 1 saturated heterocycles. The van der Waals surface area contributed by atoms with Crippen LogP contribution >= 0.6 is 23.2 Å². The van der Waals surface area contributed by atoms with Crippen molar-refractivity contribution in [3.05, 3.63) is 92.5 Å². The Morgan fingerprint density at radius 1 is 1.16 bits per heavy atom. The van der Waals surface area contributed by atoms with Gasteiger partial charge in [0.05, 0.1) is 21.6 Å². The van der Waals surface area contributed by atoms with E-state index in [2.05, 4.69) is 14.8 Å². The average Bonchev–Trinajstić information content (AvgIpc) is 3.58. The minimum absolute atomic E-state index is 0.00145. The molecule has 44 heavy (non-hydrogen) atoms. The maximum absolute atomic E-state index is 16.3. The maximum atomic E-state index is 16.3. The summed E-state index contributed by atoms with van der Waals surface area (Å²) in [6, 6.07) is 14.0. The number of carbonyl (C=O) groups is 2. The molecule has 2 N–H and O–H groups in total. The molecule has 226 valence electrons. The second-order valence-corrected chi connectivity index (χ2v) is 13.9. The molecular formula is C34H31Cl2FN4O3. The molecule has 2 fully saturated rings. The number of aryl methyl sites for hydroxylation is 1. The normalized spacial score (nSPS) is 25.9. The van der Waals surface area contributed by atoms with Crippen LogP contribution in [0.15, 0.2) is 48.5 Å². The summed E-state index contributed by atoms with van der Waals surface area (Å²) in [5.74, 6) is -1.57. The zero-order valence-corrected chi connectivity index (χ0v) is 25.8. The number of carboxylic acids is 1. The molecule has 4 atom stereocenters. The Bertz CT molecular complexity index is 1900. The van der Waals surface area contributed by atoms with E-state index in [-0.39, 0.29) is 34.4 Å². The van der Waals surface area contributed by atoms with Gasteiger partial charge in [-0.05, 0) is 72.6 Å². The average molecular weight is 634 g/mol. The Hall–Kier alpha value is -3.46. The number of nitrogens with one attached hydrogen (secondary N) is 1. The number of carbonyl (C=O) groups excluding carboxylic acids is 1. The van der Waals surface area contributed by atoms with Crippen molar-refractivity contribution in [1.29, 1.82) is 0 Å². The van der Waals surface area contributed by atoms with Crippen molar-refractivity contribution in [3.63, 3.8) is 0 Å². The maximum Gasteiger partial charge on any atom is 0.336 e. The van der Waals surface area contributed by atoms with Gasteiger partial charge in [-0.1, -0.05) is 55.2 Å². The van der Waals surface area contributed by atoms with Crippen LogP contribution in [0.25, 0.3) is 11.0 Å². The number of imidazole rings is 1. The predicted octanol–water partition coefficient (Wildman–Crippen LogP) is 7.52. The highest BCUT2D eigenvalue weighted by Gasteiger charge is 2.69. The number of anilines is 1. The number of hydrogen-bond donors (Lipinski definition) is 2. The number of carboxylic acid groups (broad SMARTS) is 1. The summed E-state index contributed by atoms with van der Waals surface area (Å²) in [6.07, 6.45) is 2.90. The molecule has 1 spiro atoms. The minimum atomic E-state index is -1.22. The number of aromatic nitrogens is 2. The molecule has 1 aromatic heterocycles. The molecule has 0 bridgehead atoms. The highest BCUT2D eigenvalue weighted by atomic mass is 35.5. The first-order valence-electron chi connectivity index (χ1n) is 15.2. The van der Waals surface area contributed by atoms with Crippen molar-refractivity contribution < 1.29 is 19.1 Å². The lowest BCUT2D eigenvalue weighted by molar-refractivity contribution is -0.128. The number of likely N-dealkylation sites (tertiary alicyclic amines) is 1. The van der Waals surface area contributed by atoms with E-state index >= 15 is 4.39 Å². The van der Waals surface area contributed by atoms with Crippen molar-refractivity contribution in [1.82, 2.24) is 14.5 Å². The zero-order chi connectivity index (χ0) is 30.7. The Morgan fingerprint density at radius 2 is 1.95 bits per heavy atom. The highest BCUT2D eigenvalue weighted by molar-refractivity contribution is 6.31. The fourth-order valence-electron chi connectivity index (χ4n) is 8.32. The van der Waals surface area contributed by atoms with E-state index in [0.29, 0.717) is 40.8 Å². The van der Waals surface area contributed by atoms with Gasteiger partial charge < -0.3 is 15.0 Å². The Morgan fingerprint density at radius 3 is 2.68 bits per heavy atom. The van der Waals surface area contributed by atoms with Crippen molar-refractivity contribution >= 4 is 51.8 Å². The predicted molar refractivity (Wildman–Crippen MR) is 167 cm³/mol. The molecule has 0 unspecified atom stereocenters. The van der Waals surface area contributed by atoms with Crippen LogP contribution in [0.2, 0.25) is 10.0 Å². The molecule has 3 aromatic carbocycles. The fraction of sp³-hybridized carbons (Fsp3) is 0.382. The van der Waals surface area contributed by atoms with Crippen molar-refractivity contribution in [2.45, 2.75) is 69.0 Å². The molecule has 10 heteroatoms. The Kier molecular flexibility index (Phi) is 6.23. The second-order valence-electron chi connectivity index (χ2n) is 13.0. The van der Waals surface area contributed by atoms with Gasteiger partial charge in [0.25, 0.3) is 0 Å². The van der Waals surface area contributed by atoms with Crippen LogP contribution in [0.1, 0.15) is 83.7 Å². The first kappa shape index (κ1) is 28.0. The van der Waals surface area contributed by atoms with Gasteiger partial charge in [0.1, 0.15) is 17.2 Å². The van der Waals surface area contributed by atoms with Gasteiger partial charge in [-0.25, -0.2) is 14.2 Å². The number of rotatable bonds is 5. The third-order valence-electron chi connectivity index (χ3n) is 10.3. The van der Waals surface area contributed by atoms with Gasteiger partial charge in [0.15, 0.2) is 0 Å². The van der Waals surface area contributed by atoms with Crippen LogP contribution in [-0.4, -0.2) is 44.0 Å². The van der Waals surface area contributed by atoms with E-state index in [1.165, 1.54) is 6.07 Å². The zero-order valence-electron chi connectivity index (χ0n) is 24.3. The summed E-state index contributed by atoms with van der Waals surface area (Å²) in [5, 5.41) is 13.7. The van der Waals surface area contributed by atoms with Gasteiger partial charge >= 0.3 is 5.97 Å². The summed E-state index contributed by atoms with van der Waals surface area (Å²) < 4.78 is 18.4. The van der Waals surface area contributed by atoms with Crippen molar-refractivity contribution in [3.8, 4) is 0 Å².